The van der Waals surface area contributed by atoms with E-state index < -0.39 is 22.8 Å². The number of nitrogens with zero attached hydrogens (tertiary/aromatic N) is 4. The molecular formula is C26H19ClF3N7O. The lowest BCUT2D eigenvalue weighted by Crippen LogP contribution is -2.21. The van der Waals surface area contributed by atoms with Crippen LogP contribution in [0.3, 0.4) is 0 Å². The number of fused-ring (bicyclic) bond motifs is 1. The fraction of sp³-hybridized carbons (Fsp3) is 0.0769. The molecule has 0 bridgehead atoms. The number of anilines is 3. The molecule has 0 aliphatic carbocycles. The maximum Gasteiger partial charge on any atom is 0.418 e. The van der Waals surface area contributed by atoms with Gasteiger partial charge in [-0.05, 0) is 48.9 Å². The number of carbonyl (C=O) groups excluding carboxylic acids is 1. The summed E-state index contributed by atoms with van der Waals surface area (Å²) in [5.41, 5.74) is 7.00. The molecule has 0 aliphatic rings. The second-order valence-corrected chi connectivity index (χ2v) is 8.67. The summed E-state index contributed by atoms with van der Waals surface area (Å²) in [5.74, 6) is 0.903. The Balaban J connectivity index is 1.42. The van der Waals surface area contributed by atoms with Gasteiger partial charge in [0.2, 0.25) is 0 Å². The van der Waals surface area contributed by atoms with E-state index in [9.17, 15) is 18.0 Å². The predicted molar refractivity (Wildman–Crippen MR) is 140 cm³/mol. The van der Waals surface area contributed by atoms with Gasteiger partial charge in [0.25, 0.3) is 0 Å². The number of nitrogens with one attached hydrogen (secondary N) is 2. The fourth-order valence-electron chi connectivity index (χ4n) is 4.17. The molecule has 0 radical (unpaired) electrons. The number of nitrogens with two attached hydrogens (primary N) is 1. The standard InChI is InChI=1S/C26H19ClF3N7O/c1-14-34-22-23(31)32-13-33-24(22)37(14)17-9-7-16(8-10-17)35-25(38)36-19-12-11-18(27)21(26(28,29)30)20(19)15-5-3-2-4-6-15/h2-13H,1H3,(H2,31,32,33)(H2,35,36,38). The van der Waals surface area contributed by atoms with Crippen molar-refractivity contribution in [1.29, 1.82) is 0 Å². The van der Waals surface area contributed by atoms with Crippen LogP contribution in [0, 0.1) is 6.92 Å². The summed E-state index contributed by atoms with van der Waals surface area (Å²) in [5, 5.41) is 4.70. The third-order valence-corrected chi connectivity index (χ3v) is 6.09. The molecule has 0 unspecified atom stereocenters. The minimum absolute atomic E-state index is 0.0418. The lowest BCUT2D eigenvalue weighted by atomic mass is 9.97. The SMILES string of the molecule is Cc1nc2c(N)ncnc2n1-c1ccc(NC(=O)Nc2ccc(Cl)c(C(F)(F)F)c2-c2ccccc2)cc1. The third kappa shape index (κ3) is 4.71. The molecule has 192 valence electrons. The van der Waals surface area contributed by atoms with Gasteiger partial charge in [-0.25, -0.2) is 19.7 Å². The first kappa shape index (κ1) is 25.0. The first-order chi connectivity index (χ1) is 18.1. The van der Waals surface area contributed by atoms with Gasteiger partial charge in [-0.1, -0.05) is 41.9 Å². The number of hydrogen-bond donors (Lipinski definition) is 3. The van der Waals surface area contributed by atoms with Crippen molar-refractivity contribution >= 4 is 46.0 Å². The van der Waals surface area contributed by atoms with Gasteiger partial charge in [-0.2, -0.15) is 13.2 Å². The van der Waals surface area contributed by atoms with Crippen molar-refractivity contribution in [3.63, 3.8) is 0 Å². The minimum atomic E-state index is -4.74. The van der Waals surface area contributed by atoms with Crippen molar-refractivity contribution < 1.29 is 18.0 Å². The highest BCUT2D eigenvalue weighted by Crippen LogP contribution is 2.45. The van der Waals surface area contributed by atoms with E-state index in [1.54, 1.807) is 54.0 Å². The first-order valence-corrected chi connectivity index (χ1v) is 11.6. The van der Waals surface area contributed by atoms with Gasteiger partial charge in [0.05, 0.1) is 16.3 Å². The van der Waals surface area contributed by atoms with Crippen molar-refractivity contribution in [1.82, 2.24) is 19.5 Å². The number of aryl methyl sites for hydroxylation is 1. The molecule has 0 atom stereocenters. The van der Waals surface area contributed by atoms with Crippen LogP contribution in [0.25, 0.3) is 28.0 Å². The zero-order valence-electron chi connectivity index (χ0n) is 19.7. The van der Waals surface area contributed by atoms with Crippen LogP contribution in [0.15, 0.2) is 73.1 Å². The smallest absolute Gasteiger partial charge is 0.382 e. The second kappa shape index (κ2) is 9.67. The van der Waals surface area contributed by atoms with Gasteiger partial charge < -0.3 is 16.4 Å². The summed E-state index contributed by atoms with van der Waals surface area (Å²) in [6, 6.07) is 16.4. The number of urea groups is 1. The van der Waals surface area contributed by atoms with Crippen LogP contribution in [-0.2, 0) is 6.18 Å². The minimum Gasteiger partial charge on any atom is -0.382 e. The number of benzene rings is 3. The number of aromatic nitrogens is 4. The molecule has 12 heteroatoms. The Morgan fingerprint density at radius 2 is 1.68 bits per heavy atom. The van der Waals surface area contributed by atoms with Crippen molar-refractivity contribution in [3.8, 4) is 16.8 Å². The molecule has 2 heterocycles. The van der Waals surface area contributed by atoms with E-state index in [2.05, 4.69) is 25.6 Å². The highest BCUT2D eigenvalue weighted by molar-refractivity contribution is 6.32. The van der Waals surface area contributed by atoms with Crippen molar-refractivity contribution in [2.24, 2.45) is 0 Å². The average molecular weight is 538 g/mol. The Bertz CT molecular complexity index is 1650. The van der Waals surface area contributed by atoms with Gasteiger partial charge in [-0.3, -0.25) is 4.57 Å². The Morgan fingerprint density at radius 3 is 2.37 bits per heavy atom. The van der Waals surface area contributed by atoms with E-state index in [1.165, 1.54) is 24.5 Å². The summed E-state index contributed by atoms with van der Waals surface area (Å²) < 4.78 is 43.6. The molecule has 0 saturated carbocycles. The van der Waals surface area contributed by atoms with Crippen molar-refractivity contribution in [2.75, 3.05) is 16.4 Å². The zero-order chi connectivity index (χ0) is 27.0. The number of amides is 2. The van der Waals surface area contributed by atoms with Crippen molar-refractivity contribution in [3.05, 3.63) is 89.5 Å². The quantitative estimate of drug-likeness (QED) is 0.236. The number of imidazole rings is 1. The van der Waals surface area contributed by atoms with Crippen LogP contribution in [0.1, 0.15) is 11.4 Å². The fourth-order valence-corrected chi connectivity index (χ4v) is 4.43. The number of rotatable bonds is 4. The normalized spacial score (nSPS) is 11.5. The van der Waals surface area contributed by atoms with E-state index >= 15 is 0 Å². The topological polar surface area (TPSA) is 111 Å². The van der Waals surface area contributed by atoms with E-state index in [0.29, 0.717) is 28.4 Å². The van der Waals surface area contributed by atoms with Gasteiger partial charge in [0.1, 0.15) is 12.2 Å². The highest BCUT2D eigenvalue weighted by Gasteiger charge is 2.37. The maximum atomic E-state index is 13.9. The molecule has 0 spiro atoms. The molecule has 0 saturated heterocycles. The van der Waals surface area contributed by atoms with E-state index in [-0.39, 0.29) is 22.6 Å². The van der Waals surface area contributed by atoms with Crippen LogP contribution in [0.5, 0.6) is 0 Å². The lowest BCUT2D eigenvalue weighted by molar-refractivity contribution is -0.136. The van der Waals surface area contributed by atoms with Crippen LogP contribution >= 0.6 is 11.6 Å². The van der Waals surface area contributed by atoms with Gasteiger partial charge in [0, 0.05) is 16.9 Å². The van der Waals surface area contributed by atoms with Gasteiger partial charge in [0.15, 0.2) is 17.0 Å². The molecule has 8 nitrogen and oxygen atoms in total. The first-order valence-electron chi connectivity index (χ1n) is 11.2. The molecule has 2 amide bonds. The number of alkyl halides is 3. The molecule has 5 aromatic rings. The molecule has 5 rings (SSSR count). The van der Waals surface area contributed by atoms with Gasteiger partial charge >= 0.3 is 12.2 Å². The van der Waals surface area contributed by atoms with Crippen LogP contribution in [-0.4, -0.2) is 25.6 Å². The Kier molecular flexibility index (Phi) is 6.37. The van der Waals surface area contributed by atoms with Crippen LogP contribution in [0.4, 0.5) is 35.2 Å². The largest absolute Gasteiger partial charge is 0.418 e. The Morgan fingerprint density at radius 1 is 0.974 bits per heavy atom. The zero-order valence-corrected chi connectivity index (χ0v) is 20.5. The van der Waals surface area contributed by atoms with Gasteiger partial charge in [-0.15, -0.1) is 0 Å². The number of nitrogen functional groups attached to an aromatic ring is 1. The van der Waals surface area contributed by atoms with Crippen molar-refractivity contribution in [2.45, 2.75) is 13.1 Å². The molecule has 38 heavy (non-hydrogen) atoms. The average Bonchev–Trinajstić information content (AvgIpc) is 3.22. The molecule has 2 aromatic heterocycles. The molecule has 0 aliphatic heterocycles. The number of halogens is 4. The van der Waals surface area contributed by atoms with Crippen LogP contribution < -0.4 is 16.4 Å². The Hall–Kier alpha value is -4.64. The summed E-state index contributed by atoms with van der Waals surface area (Å²) in [4.78, 5) is 25.4. The predicted octanol–water partition coefficient (Wildman–Crippen LogP) is 6.69. The van der Waals surface area contributed by atoms with E-state index in [4.69, 9.17) is 17.3 Å². The molecule has 4 N–H and O–H groups in total. The molecule has 3 aromatic carbocycles. The summed E-state index contributed by atoms with van der Waals surface area (Å²) >= 11 is 5.95. The third-order valence-electron chi connectivity index (χ3n) is 5.77. The maximum absolute atomic E-state index is 13.9. The second-order valence-electron chi connectivity index (χ2n) is 8.26. The lowest BCUT2D eigenvalue weighted by Gasteiger charge is -2.19. The van der Waals surface area contributed by atoms with E-state index in [1.807, 2.05) is 0 Å². The van der Waals surface area contributed by atoms with E-state index in [0.717, 1.165) is 6.07 Å². The Labute approximate surface area is 219 Å². The summed E-state index contributed by atoms with van der Waals surface area (Å²) in [6.07, 6.45) is -3.39. The summed E-state index contributed by atoms with van der Waals surface area (Å²) in [6.45, 7) is 1.80. The number of hydrogen-bond acceptors (Lipinski definition) is 5. The monoisotopic (exact) mass is 537 g/mol. The summed E-state index contributed by atoms with van der Waals surface area (Å²) in [7, 11) is 0. The highest BCUT2D eigenvalue weighted by atomic mass is 35.5. The van der Waals surface area contributed by atoms with Crippen LogP contribution in [0.2, 0.25) is 5.02 Å². The molecule has 0 fully saturated rings. The number of carbonyl (C=O) groups is 1. The molecular weight excluding hydrogens is 519 g/mol.